The minimum absolute atomic E-state index is 0.0211. The number of nitrogens with one attached hydrogen (secondary N) is 2. The van der Waals surface area contributed by atoms with Gasteiger partial charge in [0.2, 0.25) is 4.80 Å². The van der Waals surface area contributed by atoms with Crippen LogP contribution in [0.25, 0.3) is 10.2 Å². The van der Waals surface area contributed by atoms with Crippen LogP contribution in [0.2, 0.25) is 0 Å². The Balaban J connectivity index is 1.51. The van der Waals surface area contributed by atoms with Crippen LogP contribution in [0.5, 0.6) is 5.75 Å². The number of aryl methyl sites for hydroxylation is 1. The molecule has 0 bridgehead atoms. The lowest BCUT2D eigenvalue weighted by Crippen LogP contribution is -2.23. The number of hydrogen-bond acceptors (Lipinski definition) is 6. The second kappa shape index (κ2) is 8.85. The summed E-state index contributed by atoms with van der Waals surface area (Å²) in [5.41, 5.74) is 4.15. The van der Waals surface area contributed by atoms with E-state index in [4.69, 9.17) is 4.74 Å². The van der Waals surface area contributed by atoms with Gasteiger partial charge in [0.1, 0.15) is 5.75 Å². The molecule has 0 radical (unpaired) electrons. The average Bonchev–Trinajstić information content (AvgIpc) is 3.13. The topological polar surface area (TPSA) is 102 Å². The molecule has 1 aromatic heterocycles. The maximum absolute atomic E-state index is 12.7. The van der Waals surface area contributed by atoms with E-state index in [0.717, 1.165) is 10.2 Å². The molecule has 3 aromatic carbocycles. The molecule has 4 rings (SSSR count). The van der Waals surface area contributed by atoms with Gasteiger partial charge in [0, 0.05) is 12.6 Å². The van der Waals surface area contributed by atoms with Gasteiger partial charge in [-0.2, -0.15) is 0 Å². The number of para-hydroxylation sites is 3. The van der Waals surface area contributed by atoms with Crippen molar-refractivity contribution in [1.29, 1.82) is 0 Å². The van der Waals surface area contributed by atoms with Crippen LogP contribution in [0.4, 0.5) is 5.69 Å². The van der Waals surface area contributed by atoms with Gasteiger partial charge in [-0.1, -0.05) is 35.6 Å². The van der Waals surface area contributed by atoms with Crippen LogP contribution in [-0.2, 0) is 17.1 Å². The first kappa shape index (κ1) is 21.6. The molecule has 0 aliphatic heterocycles. The van der Waals surface area contributed by atoms with E-state index in [0.29, 0.717) is 16.2 Å². The standard InChI is InChI=1S/C22H20N4O4S2/c1-26-18-8-4-6-10-20(18)31-22(26)24-23-21(27)15-11-13-16(14-12-15)32(28,29)25-17-7-3-5-9-19(17)30-2/h3-14,25H,1-2H3,(H,23,27). The molecule has 10 heteroatoms. The number of thiazole rings is 1. The first-order chi connectivity index (χ1) is 15.4. The Hall–Kier alpha value is -3.63. The lowest BCUT2D eigenvalue weighted by atomic mass is 10.2. The van der Waals surface area contributed by atoms with Gasteiger partial charge in [-0.3, -0.25) is 9.52 Å². The van der Waals surface area contributed by atoms with Crippen molar-refractivity contribution in [2.75, 3.05) is 11.8 Å². The second-order valence-electron chi connectivity index (χ2n) is 6.79. The quantitative estimate of drug-likeness (QED) is 0.424. The number of carbonyl (C=O) groups excluding carboxylic acids is 1. The number of methoxy groups -OCH3 is 1. The molecule has 32 heavy (non-hydrogen) atoms. The minimum atomic E-state index is -3.85. The zero-order valence-electron chi connectivity index (χ0n) is 17.3. The fraction of sp³-hybridized carbons (Fsp3) is 0.0909. The number of benzene rings is 3. The number of amides is 1. The smallest absolute Gasteiger partial charge is 0.271 e. The molecule has 2 N–H and O–H groups in total. The van der Waals surface area contributed by atoms with Gasteiger partial charge in [-0.25, -0.2) is 13.8 Å². The van der Waals surface area contributed by atoms with Crippen LogP contribution in [-0.4, -0.2) is 26.0 Å². The van der Waals surface area contributed by atoms with Crippen molar-refractivity contribution in [3.8, 4) is 5.75 Å². The summed E-state index contributed by atoms with van der Waals surface area (Å²) >= 11 is 1.45. The van der Waals surface area contributed by atoms with Crippen molar-refractivity contribution in [3.05, 3.63) is 83.2 Å². The van der Waals surface area contributed by atoms with E-state index in [9.17, 15) is 13.2 Å². The molecule has 0 saturated heterocycles. The van der Waals surface area contributed by atoms with Crippen LogP contribution in [0.3, 0.4) is 0 Å². The van der Waals surface area contributed by atoms with Crippen molar-refractivity contribution < 1.29 is 17.9 Å². The normalized spacial score (nSPS) is 12.0. The largest absolute Gasteiger partial charge is 0.495 e. The SMILES string of the molecule is COc1ccccc1NS(=O)(=O)c1ccc(C(=O)NN=c2sc3ccccc3n2C)cc1. The van der Waals surface area contributed by atoms with E-state index in [1.54, 1.807) is 24.3 Å². The molecular weight excluding hydrogens is 448 g/mol. The zero-order valence-corrected chi connectivity index (χ0v) is 18.9. The van der Waals surface area contributed by atoms with E-state index in [1.807, 2.05) is 35.9 Å². The van der Waals surface area contributed by atoms with Crippen LogP contribution in [0.1, 0.15) is 10.4 Å². The molecule has 0 fully saturated rings. The molecule has 164 valence electrons. The van der Waals surface area contributed by atoms with Crippen LogP contribution in [0.15, 0.2) is 82.8 Å². The van der Waals surface area contributed by atoms with E-state index < -0.39 is 15.9 Å². The van der Waals surface area contributed by atoms with Crippen LogP contribution in [0, 0.1) is 0 Å². The summed E-state index contributed by atoms with van der Waals surface area (Å²) in [4.78, 5) is 13.1. The van der Waals surface area contributed by atoms with Gasteiger partial charge in [-0.05, 0) is 48.5 Å². The van der Waals surface area contributed by atoms with Crippen molar-refractivity contribution >= 4 is 43.2 Å². The fourth-order valence-electron chi connectivity index (χ4n) is 3.07. The summed E-state index contributed by atoms with van der Waals surface area (Å²) < 4.78 is 36.0. The molecule has 0 aliphatic rings. The number of aromatic nitrogens is 1. The molecule has 1 amide bonds. The Kier molecular flexibility index (Phi) is 5.97. The van der Waals surface area contributed by atoms with Crippen LogP contribution >= 0.6 is 11.3 Å². The molecule has 4 aromatic rings. The first-order valence-corrected chi connectivity index (χ1v) is 11.8. The Morgan fingerprint density at radius 1 is 1.00 bits per heavy atom. The Morgan fingerprint density at radius 2 is 1.69 bits per heavy atom. The highest BCUT2D eigenvalue weighted by molar-refractivity contribution is 7.92. The predicted octanol–water partition coefficient (Wildman–Crippen LogP) is 3.29. The number of hydrogen-bond donors (Lipinski definition) is 2. The van der Waals surface area contributed by atoms with Crippen molar-refractivity contribution in [1.82, 2.24) is 9.99 Å². The average molecular weight is 469 g/mol. The molecule has 0 aliphatic carbocycles. The fourth-order valence-corrected chi connectivity index (χ4v) is 5.12. The van der Waals surface area contributed by atoms with Gasteiger partial charge in [0.15, 0.2) is 0 Å². The number of anilines is 1. The van der Waals surface area contributed by atoms with Gasteiger partial charge in [0.05, 0.1) is 27.9 Å². The third-order valence-electron chi connectivity index (χ3n) is 4.75. The number of sulfonamides is 1. The molecule has 0 unspecified atom stereocenters. The maximum atomic E-state index is 12.7. The molecule has 1 heterocycles. The molecule has 8 nitrogen and oxygen atoms in total. The highest BCUT2D eigenvalue weighted by Gasteiger charge is 2.17. The second-order valence-corrected chi connectivity index (χ2v) is 9.49. The van der Waals surface area contributed by atoms with E-state index in [2.05, 4.69) is 15.2 Å². The number of rotatable bonds is 6. The zero-order chi connectivity index (χ0) is 22.7. The summed E-state index contributed by atoms with van der Waals surface area (Å²) in [6.45, 7) is 0. The van der Waals surface area contributed by atoms with Gasteiger partial charge in [-0.15, -0.1) is 5.10 Å². The van der Waals surface area contributed by atoms with Gasteiger partial charge < -0.3 is 9.30 Å². The van der Waals surface area contributed by atoms with E-state index in [-0.39, 0.29) is 10.5 Å². The number of carbonyl (C=O) groups is 1. The third-order valence-corrected chi connectivity index (χ3v) is 7.24. The highest BCUT2D eigenvalue weighted by Crippen LogP contribution is 2.26. The minimum Gasteiger partial charge on any atom is -0.495 e. The van der Waals surface area contributed by atoms with Crippen molar-refractivity contribution in [3.63, 3.8) is 0 Å². The molecule has 0 saturated carbocycles. The van der Waals surface area contributed by atoms with E-state index in [1.165, 1.54) is 42.7 Å². The monoisotopic (exact) mass is 468 g/mol. The lowest BCUT2D eigenvalue weighted by Gasteiger charge is -2.11. The van der Waals surface area contributed by atoms with Crippen molar-refractivity contribution in [2.45, 2.75) is 4.90 Å². The van der Waals surface area contributed by atoms with Gasteiger partial charge >= 0.3 is 0 Å². The lowest BCUT2D eigenvalue weighted by molar-refractivity contribution is 0.0953. The molecule has 0 atom stereocenters. The van der Waals surface area contributed by atoms with Crippen LogP contribution < -0.4 is 19.7 Å². The Labute approximate surface area is 188 Å². The Bertz CT molecular complexity index is 1460. The third kappa shape index (κ3) is 4.36. The first-order valence-electron chi connectivity index (χ1n) is 9.53. The van der Waals surface area contributed by atoms with Gasteiger partial charge in [0.25, 0.3) is 15.9 Å². The Morgan fingerprint density at radius 3 is 2.41 bits per heavy atom. The number of fused-ring (bicyclic) bond motifs is 1. The predicted molar refractivity (Wildman–Crippen MR) is 124 cm³/mol. The molecule has 0 spiro atoms. The molecular formula is C22H20N4O4S2. The summed E-state index contributed by atoms with van der Waals surface area (Å²) in [5.74, 6) is -0.0350. The summed E-state index contributed by atoms with van der Waals surface area (Å²) in [5, 5.41) is 4.20. The van der Waals surface area contributed by atoms with Crippen molar-refractivity contribution in [2.24, 2.45) is 12.1 Å². The number of ether oxygens (including phenoxy) is 1. The summed E-state index contributed by atoms with van der Waals surface area (Å²) in [6, 6.07) is 20.2. The van der Waals surface area contributed by atoms with E-state index >= 15 is 0 Å². The summed E-state index contributed by atoms with van der Waals surface area (Å²) in [7, 11) is -0.515. The summed E-state index contributed by atoms with van der Waals surface area (Å²) in [6.07, 6.45) is 0. The number of nitrogens with zero attached hydrogens (tertiary/aromatic N) is 2. The highest BCUT2D eigenvalue weighted by atomic mass is 32.2. The maximum Gasteiger partial charge on any atom is 0.271 e.